The predicted molar refractivity (Wildman–Crippen MR) is 115 cm³/mol. The molecule has 0 spiro atoms. The molecule has 0 atom stereocenters. The molecule has 1 N–H and O–H groups in total. The number of furan rings is 1. The van der Waals surface area contributed by atoms with Gasteiger partial charge in [-0.05, 0) is 42.5 Å². The first-order chi connectivity index (χ1) is 14.5. The number of nitrogens with zero attached hydrogens (tertiary/aromatic N) is 3. The topological polar surface area (TPSA) is 78.7 Å². The number of benzene rings is 1. The Balaban J connectivity index is 1.40. The van der Waals surface area contributed by atoms with Crippen molar-refractivity contribution in [2.24, 2.45) is 0 Å². The van der Waals surface area contributed by atoms with Crippen LogP contribution in [-0.4, -0.2) is 47.9 Å². The maximum absolute atomic E-state index is 12.4. The van der Waals surface area contributed by atoms with Gasteiger partial charge in [-0.25, -0.2) is 4.98 Å². The Bertz CT molecular complexity index is 1060. The minimum Gasteiger partial charge on any atom is -0.459 e. The maximum atomic E-state index is 12.4. The molecule has 2 aromatic heterocycles. The van der Waals surface area contributed by atoms with E-state index in [4.69, 9.17) is 27.6 Å². The summed E-state index contributed by atoms with van der Waals surface area (Å²) < 4.78 is 5.19. The van der Waals surface area contributed by atoms with Gasteiger partial charge in [-0.3, -0.25) is 9.59 Å². The van der Waals surface area contributed by atoms with Crippen molar-refractivity contribution in [3.8, 4) is 0 Å². The van der Waals surface area contributed by atoms with Crippen molar-refractivity contribution in [1.29, 1.82) is 0 Å². The maximum Gasteiger partial charge on any atom is 0.289 e. The molecule has 1 aromatic carbocycles. The SMILES string of the molecule is O=C(Nc1ccc(N2CCN(C(=O)c3ccco3)CC2)c(Cl)c1)c1cccnc1Cl. The third kappa shape index (κ3) is 4.27. The van der Waals surface area contributed by atoms with Crippen molar-refractivity contribution >= 4 is 46.4 Å². The summed E-state index contributed by atoms with van der Waals surface area (Å²) in [4.78, 5) is 32.6. The first-order valence-electron chi connectivity index (χ1n) is 9.32. The Morgan fingerprint density at radius 3 is 2.50 bits per heavy atom. The number of piperazine rings is 1. The van der Waals surface area contributed by atoms with E-state index >= 15 is 0 Å². The molecular formula is C21H18Cl2N4O3. The van der Waals surface area contributed by atoms with E-state index in [1.54, 1.807) is 41.3 Å². The summed E-state index contributed by atoms with van der Waals surface area (Å²) in [5, 5.41) is 3.43. The third-order valence-electron chi connectivity index (χ3n) is 4.85. The number of pyridine rings is 1. The zero-order valence-corrected chi connectivity index (χ0v) is 17.4. The Morgan fingerprint density at radius 1 is 1.03 bits per heavy atom. The minimum atomic E-state index is -0.359. The normalized spacial score (nSPS) is 13.9. The van der Waals surface area contributed by atoms with Crippen LogP contribution in [0, 0.1) is 0 Å². The molecule has 1 aliphatic heterocycles. The molecule has 0 bridgehead atoms. The summed E-state index contributed by atoms with van der Waals surface area (Å²) in [6, 6.07) is 11.9. The van der Waals surface area contributed by atoms with Gasteiger partial charge in [0.25, 0.3) is 11.8 Å². The van der Waals surface area contributed by atoms with Gasteiger partial charge in [-0.2, -0.15) is 0 Å². The van der Waals surface area contributed by atoms with Crippen molar-refractivity contribution in [3.63, 3.8) is 0 Å². The molecular weight excluding hydrogens is 427 g/mol. The fourth-order valence-electron chi connectivity index (χ4n) is 3.30. The van der Waals surface area contributed by atoms with Crippen LogP contribution in [-0.2, 0) is 0 Å². The highest BCUT2D eigenvalue weighted by Crippen LogP contribution is 2.30. The highest BCUT2D eigenvalue weighted by atomic mass is 35.5. The van der Waals surface area contributed by atoms with E-state index in [0.717, 1.165) is 5.69 Å². The van der Waals surface area contributed by atoms with Crippen LogP contribution in [0.25, 0.3) is 0 Å². The van der Waals surface area contributed by atoms with Crippen molar-refractivity contribution < 1.29 is 14.0 Å². The van der Waals surface area contributed by atoms with Gasteiger partial charge in [0.1, 0.15) is 5.15 Å². The predicted octanol–water partition coefficient (Wildman–Crippen LogP) is 4.20. The molecule has 7 nitrogen and oxygen atoms in total. The van der Waals surface area contributed by atoms with Crippen molar-refractivity contribution in [3.05, 3.63) is 76.4 Å². The average molecular weight is 445 g/mol. The second-order valence-corrected chi connectivity index (χ2v) is 7.48. The third-order valence-corrected chi connectivity index (χ3v) is 5.45. The lowest BCUT2D eigenvalue weighted by Gasteiger charge is -2.36. The average Bonchev–Trinajstić information content (AvgIpc) is 3.29. The molecule has 154 valence electrons. The van der Waals surface area contributed by atoms with Crippen LogP contribution in [0.3, 0.4) is 0 Å². The summed E-state index contributed by atoms with van der Waals surface area (Å²) in [5.74, 6) is -0.130. The molecule has 1 aliphatic rings. The number of amides is 2. The number of hydrogen-bond donors (Lipinski definition) is 1. The number of carbonyl (C=O) groups excluding carboxylic acids is 2. The Kier molecular flexibility index (Phi) is 5.92. The van der Waals surface area contributed by atoms with Gasteiger partial charge in [0.05, 0.1) is 22.5 Å². The fourth-order valence-corrected chi connectivity index (χ4v) is 3.81. The van der Waals surface area contributed by atoms with Gasteiger partial charge >= 0.3 is 0 Å². The van der Waals surface area contributed by atoms with Crippen molar-refractivity contribution in [2.75, 3.05) is 36.4 Å². The van der Waals surface area contributed by atoms with Gasteiger partial charge in [0, 0.05) is 38.1 Å². The van der Waals surface area contributed by atoms with Gasteiger partial charge in [-0.1, -0.05) is 23.2 Å². The van der Waals surface area contributed by atoms with E-state index in [-0.39, 0.29) is 22.5 Å². The molecule has 0 radical (unpaired) electrons. The Morgan fingerprint density at radius 2 is 1.83 bits per heavy atom. The number of carbonyl (C=O) groups is 2. The molecule has 2 amide bonds. The summed E-state index contributed by atoms with van der Waals surface area (Å²) in [5.41, 5.74) is 1.69. The van der Waals surface area contributed by atoms with Crippen LogP contribution >= 0.6 is 23.2 Å². The molecule has 9 heteroatoms. The molecule has 3 aromatic rings. The van der Waals surface area contributed by atoms with Crippen LogP contribution in [0.4, 0.5) is 11.4 Å². The number of aromatic nitrogens is 1. The van der Waals surface area contributed by atoms with Crippen molar-refractivity contribution in [1.82, 2.24) is 9.88 Å². The van der Waals surface area contributed by atoms with E-state index in [9.17, 15) is 9.59 Å². The number of nitrogens with one attached hydrogen (secondary N) is 1. The molecule has 1 fully saturated rings. The second kappa shape index (κ2) is 8.77. The first-order valence-corrected chi connectivity index (χ1v) is 10.1. The quantitative estimate of drug-likeness (QED) is 0.610. The zero-order valence-electron chi connectivity index (χ0n) is 15.8. The Labute approximate surface area is 183 Å². The lowest BCUT2D eigenvalue weighted by Crippen LogP contribution is -2.48. The van der Waals surface area contributed by atoms with E-state index in [1.165, 1.54) is 12.5 Å². The highest BCUT2D eigenvalue weighted by molar-refractivity contribution is 6.34. The van der Waals surface area contributed by atoms with Gasteiger partial charge < -0.3 is 19.5 Å². The van der Waals surface area contributed by atoms with Crippen LogP contribution in [0.5, 0.6) is 0 Å². The summed E-state index contributed by atoms with van der Waals surface area (Å²) in [6.45, 7) is 2.41. The highest BCUT2D eigenvalue weighted by Gasteiger charge is 2.24. The Hall–Kier alpha value is -3.03. The lowest BCUT2D eigenvalue weighted by atomic mass is 10.2. The number of hydrogen-bond acceptors (Lipinski definition) is 5. The fraction of sp³-hybridized carbons (Fsp3) is 0.190. The summed E-state index contributed by atoms with van der Waals surface area (Å²) >= 11 is 12.4. The van der Waals surface area contributed by atoms with Crippen LogP contribution in [0.2, 0.25) is 10.2 Å². The standard InChI is InChI=1S/C21H18Cl2N4O3/c22-16-13-14(25-20(28)15-3-1-7-24-19(15)23)5-6-17(16)26-8-10-27(11-9-26)21(29)18-4-2-12-30-18/h1-7,12-13H,8-11H2,(H,25,28). The number of rotatable bonds is 4. The van der Waals surface area contributed by atoms with Gasteiger partial charge in [0.2, 0.25) is 0 Å². The summed E-state index contributed by atoms with van der Waals surface area (Å²) in [7, 11) is 0. The zero-order chi connectivity index (χ0) is 21.1. The van der Waals surface area contributed by atoms with Crippen LogP contribution in [0.1, 0.15) is 20.9 Å². The van der Waals surface area contributed by atoms with E-state index in [2.05, 4.69) is 15.2 Å². The molecule has 0 saturated carbocycles. The summed E-state index contributed by atoms with van der Waals surface area (Å²) in [6.07, 6.45) is 3.01. The minimum absolute atomic E-state index is 0.113. The second-order valence-electron chi connectivity index (χ2n) is 6.72. The molecule has 1 saturated heterocycles. The smallest absolute Gasteiger partial charge is 0.289 e. The van der Waals surface area contributed by atoms with Gasteiger partial charge in [0.15, 0.2) is 5.76 Å². The molecule has 0 unspecified atom stereocenters. The largest absolute Gasteiger partial charge is 0.459 e. The van der Waals surface area contributed by atoms with E-state index in [0.29, 0.717) is 42.6 Å². The van der Waals surface area contributed by atoms with Crippen LogP contribution in [0.15, 0.2) is 59.3 Å². The monoisotopic (exact) mass is 444 g/mol. The van der Waals surface area contributed by atoms with E-state index < -0.39 is 0 Å². The first kappa shape index (κ1) is 20.3. The number of anilines is 2. The molecule has 30 heavy (non-hydrogen) atoms. The van der Waals surface area contributed by atoms with Crippen LogP contribution < -0.4 is 10.2 Å². The lowest BCUT2D eigenvalue weighted by molar-refractivity contribution is 0.0714. The number of halogens is 2. The molecule has 3 heterocycles. The molecule has 4 rings (SSSR count). The van der Waals surface area contributed by atoms with Gasteiger partial charge in [-0.15, -0.1) is 0 Å². The van der Waals surface area contributed by atoms with E-state index in [1.807, 2.05) is 6.07 Å². The molecule has 0 aliphatic carbocycles. The van der Waals surface area contributed by atoms with Crippen molar-refractivity contribution in [2.45, 2.75) is 0 Å².